The van der Waals surface area contributed by atoms with Gasteiger partial charge < -0.3 is 14.4 Å². The van der Waals surface area contributed by atoms with Gasteiger partial charge in [0.15, 0.2) is 5.78 Å². The molecule has 146 valence electrons. The molecule has 1 aliphatic rings. The Bertz CT molecular complexity index is 955. The molecular formula is C22H24N2O3S. The summed E-state index contributed by atoms with van der Waals surface area (Å²) in [7, 11) is 0. The molecule has 0 saturated carbocycles. The highest BCUT2D eigenvalue weighted by molar-refractivity contribution is 7.12. The lowest BCUT2D eigenvalue weighted by molar-refractivity contribution is 0.0117. The predicted octanol–water partition coefficient (Wildman–Crippen LogP) is 3.29. The van der Waals surface area contributed by atoms with Crippen LogP contribution in [0.2, 0.25) is 0 Å². The summed E-state index contributed by atoms with van der Waals surface area (Å²) in [5.41, 5.74) is 2.05. The maximum absolute atomic E-state index is 12.3. The fourth-order valence-corrected chi connectivity index (χ4v) is 4.24. The van der Waals surface area contributed by atoms with Crippen molar-refractivity contribution in [1.29, 1.82) is 0 Å². The third kappa shape index (κ3) is 4.42. The van der Waals surface area contributed by atoms with Gasteiger partial charge in [0.1, 0.15) is 0 Å². The van der Waals surface area contributed by atoms with E-state index in [1.807, 2.05) is 41.9 Å². The standard InChI is InChI=1S/C22H24N2O3S/c25-18(15-23-9-11-27-12-10-23)16-24-14-17(19-4-1-2-5-20(19)24)7-8-21(26)22-6-3-13-28-22/h1-8,13-14,18,25H,9-12,15-16H2/b8-7+/t18-/m1/s1. The number of fused-ring (bicyclic) bond motifs is 1. The van der Waals surface area contributed by atoms with Crippen molar-refractivity contribution in [2.45, 2.75) is 12.6 Å². The van der Waals surface area contributed by atoms with Crippen molar-refractivity contribution in [3.8, 4) is 0 Å². The summed E-state index contributed by atoms with van der Waals surface area (Å²) in [6.45, 7) is 4.34. The second-order valence-corrected chi connectivity index (χ2v) is 7.94. The Morgan fingerprint density at radius 3 is 2.79 bits per heavy atom. The molecule has 0 amide bonds. The van der Waals surface area contributed by atoms with Crippen molar-refractivity contribution in [1.82, 2.24) is 9.47 Å². The lowest BCUT2D eigenvalue weighted by Gasteiger charge is -2.28. The minimum Gasteiger partial charge on any atom is -0.390 e. The van der Waals surface area contributed by atoms with Crippen LogP contribution in [-0.2, 0) is 11.3 Å². The number of thiophene rings is 1. The number of hydrogen-bond acceptors (Lipinski definition) is 5. The fraction of sp³-hybridized carbons (Fsp3) is 0.318. The lowest BCUT2D eigenvalue weighted by Crippen LogP contribution is -2.41. The van der Waals surface area contributed by atoms with Crippen molar-refractivity contribution in [3.63, 3.8) is 0 Å². The zero-order valence-electron chi connectivity index (χ0n) is 15.7. The molecule has 6 heteroatoms. The van der Waals surface area contributed by atoms with Crippen LogP contribution in [0.5, 0.6) is 0 Å². The average molecular weight is 397 g/mol. The number of allylic oxidation sites excluding steroid dienone is 1. The van der Waals surface area contributed by atoms with Crippen molar-refractivity contribution in [2.75, 3.05) is 32.8 Å². The fourth-order valence-electron chi connectivity index (χ4n) is 3.59. The van der Waals surface area contributed by atoms with Gasteiger partial charge in [0.2, 0.25) is 0 Å². The van der Waals surface area contributed by atoms with Crippen LogP contribution in [0.25, 0.3) is 17.0 Å². The number of carbonyl (C=O) groups is 1. The molecule has 1 saturated heterocycles. The topological polar surface area (TPSA) is 54.7 Å². The summed E-state index contributed by atoms with van der Waals surface area (Å²) < 4.78 is 7.45. The highest BCUT2D eigenvalue weighted by Crippen LogP contribution is 2.23. The summed E-state index contributed by atoms with van der Waals surface area (Å²) in [6, 6.07) is 11.8. The Hall–Kier alpha value is -2.25. The molecular weight excluding hydrogens is 372 g/mol. The van der Waals surface area contributed by atoms with Crippen molar-refractivity contribution < 1.29 is 14.6 Å². The first-order valence-corrected chi connectivity index (χ1v) is 10.4. The number of nitrogens with zero attached hydrogens (tertiary/aromatic N) is 2. The number of para-hydroxylation sites is 1. The van der Waals surface area contributed by atoms with Gasteiger partial charge in [0.25, 0.3) is 0 Å². The Balaban J connectivity index is 1.51. The Morgan fingerprint density at radius 1 is 1.18 bits per heavy atom. The quantitative estimate of drug-likeness (QED) is 0.492. The van der Waals surface area contributed by atoms with Gasteiger partial charge >= 0.3 is 0 Å². The summed E-state index contributed by atoms with van der Waals surface area (Å²) in [4.78, 5) is 15.3. The van der Waals surface area contributed by atoms with Gasteiger partial charge in [0, 0.05) is 48.8 Å². The molecule has 0 spiro atoms. The number of hydrogen-bond donors (Lipinski definition) is 1. The SMILES string of the molecule is O=C(/C=C/c1cn(C[C@H](O)CN2CCOCC2)c2ccccc12)c1cccs1. The number of morpholine rings is 1. The van der Waals surface area contributed by atoms with E-state index in [1.54, 1.807) is 6.08 Å². The first-order valence-electron chi connectivity index (χ1n) is 9.52. The number of aromatic nitrogens is 1. The Morgan fingerprint density at radius 2 is 2.00 bits per heavy atom. The van der Waals surface area contributed by atoms with E-state index in [4.69, 9.17) is 4.74 Å². The van der Waals surface area contributed by atoms with Crippen molar-refractivity contribution in [2.24, 2.45) is 0 Å². The van der Waals surface area contributed by atoms with E-state index in [0.717, 1.165) is 47.6 Å². The predicted molar refractivity (Wildman–Crippen MR) is 113 cm³/mol. The monoisotopic (exact) mass is 396 g/mol. The maximum Gasteiger partial charge on any atom is 0.195 e. The number of aliphatic hydroxyl groups excluding tert-OH is 1. The highest BCUT2D eigenvalue weighted by Gasteiger charge is 2.16. The van der Waals surface area contributed by atoms with Crippen LogP contribution in [0, 0.1) is 0 Å². The van der Waals surface area contributed by atoms with Gasteiger partial charge in [-0.3, -0.25) is 9.69 Å². The molecule has 4 rings (SSSR count). The van der Waals surface area contributed by atoms with Gasteiger partial charge in [0.05, 0.1) is 24.2 Å². The summed E-state index contributed by atoms with van der Waals surface area (Å²) >= 11 is 1.45. The van der Waals surface area contributed by atoms with Gasteiger partial charge in [-0.25, -0.2) is 0 Å². The van der Waals surface area contributed by atoms with Crippen LogP contribution < -0.4 is 0 Å². The van der Waals surface area contributed by atoms with Crippen LogP contribution in [-0.4, -0.2) is 59.3 Å². The molecule has 1 aromatic carbocycles. The summed E-state index contributed by atoms with van der Waals surface area (Å²) in [6.07, 6.45) is 5.06. The van der Waals surface area contributed by atoms with E-state index in [0.29, 0.717) is 13.1 Å². The number of rotatable bonds is 7. The van der Waals surface area contributed by atoms with E-state index in [9.17, 15) is 9.90 Å². The van der Waals surface area contributed by atoms with Crippen molar-refractivity contribution >= 4 is 34.1 Å². The van der Waals surface area contributed by atoms with Gasteiger partial charge in [-0.1, -0.05) is 24.3 Å². The molecule has 1 N–H and O–H groups in total. The number of ketones is 1. The van der Waals surface area contributed by atoms with Gasteiger partial charge in [-0.2, -0.15) is 0 Å². The van der Waals surface area contributed by atoms with E-state index in [1.165, 1.54) is 11.3 Å². The second kappa shape index (κ2) is 8.84. The van der Waals surface area contributed by atoms with Crippen LogP contribution in [0.1, 0.15) is 15.2 Å². The third-order valence-corrected chi connectivity index (χ3v) is 5.86. The first-order chi connectivity index (χ1) is 13.7. The minimum absolute atomic E-state index is 0.0131. The molecule has 1 fully saturated rings. The molecule has 0 bridgehead atoms. The van der Waals surface area contributed by atoms with Crippen LogP contribution in [0.4, 0.5) is 0 Å². The Labute approximate surface area is 168 Å². The number of benzene rings is 1. The molecule has 2 aromatic heterocycles. The largest absolute Gasteiger partial charge is 0.390 e. The van der Waals surface area contributed by atoms with Crippen LogP contribution in [0.15, 0.2) is 54.1 Å². The molecule has 5 nitrogen and oxygen atoms in total. The number of carbonyl (C=O) groups excluding carboxylic acids is 1. The molecule has 0 unspecified atom stereocenters. The molecule has 3 heterocycles. The van der Waals surface area contributed by atoms with Crippen molar-refractivity contribution in [3.05, 3.63) is 64.5 Å². The number of aliphatic hydroxyl groups is 1. The smallest absolute Gasteiger partial charge is 0.195 e. The van der Waals surface area contributed by atoms with Crippen LogP contribution in [0.3, 0.4) is 0 Å². The first kappa shape index (κ1) is 19.1. The molecule has 0 radical (unpaired) electrons. The van der Waals surface area contributed by atoms with Gasteiger partial charge in [-0.05, 0) is 29.7 Å². The Kier molecular flexibility index (Phi) is 6.02. The normalized spacial score (nSPS) is 16.8. The molecule has 3 aromatic rings. The summed E-state index contributed by atoms with van der Waals surface area (Å²) in [5.74, 6) is 0.0131. The maximum atomic E-state index is 12.3. The van der Waals surface area contributed by atoms with E-state index >= 15 is 0 Å². The van der Waals surface area contributed by atoms with E-state index in [2.05, 4.69) is 21.6 Å². The minimum atomic E-state index is -0.460. The molecule has 28 heavy (non-hydrogen) atoms. The summed E-state index contributed by atoms with van der Waals surface area (Å²) in [5, 5.41) is 13.6. The highest BCUT2D eigenvalue weighted by atomic mass is 32.1. The molecule has 1 atom stereocenters. The number of ether oxygens (including phenoxy) is 1. The zero-order valence-corrected chi connectivity index (χ0v) is 16.5. The van der Waals surface area contributed by atoms with Gasteiger partial charge in [-0.15, -0.1) is 11.3 Å². The van der Waals surface area contributed by atoms with E-state index in [-0.39, 0.29) is 5.78 Å². The molecule has 1 aliphatic heterocycles. The second-order valence-electron chi connectivity index (χ2n) is 7.00. The average Bonchev–Trinajstić information content (AvgIpc) is 3.36. The third-order valence-electron chi connectivity index (χ3n) is 4.98. The number of β-amino-alcohol motifs (C(OH)–C–C–N with tert-alkyl or cyclic N) is 1. The molecule has 0 aliphatic carbocycles. The van der Waals surface area contributed by atoms with Crippen LogP contribution >= 0.6 is 11.3 Å². The lowest BCUT2D eigenvalue weighted by atomic mass is 10.1. The van der Waals surface area contributed by atoms with E-state index < -0.39 is 6.10 Å². The zero-order chi connectivity index (χ0) is 19.3.